The number of halogens is 3. The van der Waals surface area contributed by atoms with Crippen LogP contribution in [0.15, 0.2) is 36.4 Å². The fourth-order valence-corrected chi connectivity index (χ4v) is 4.50. The van der Waals surface area contributed by atoms with E-state index in [4.69, 9.17) is 39.5 Å². The van der Waals surface area contributed by atoms with E-state index in [2.05, 4.69) is 11.8 Å². The molecule has 0 aliphatic carbocycles. The van der Waals surface area contributed by atoms with E-state index >= 15 is 0 Å². The molecule has 0 aromatic heterocycles. The summed E-state index contributed by atoms with van der Waals surface area (Å²) in [4.78, 5) is 17.1. The van der Waals surface area contributed by atoms with Crippen molar-refractivity contribution in [3.8, 4) is 5.75 Å². The molecule has 4 nitrogen and oxygen atoms in total. The van der Waals surface area contributed by atoms with E-state index < -0.39 is 0 Å². The minimum Gasteiger partial charge on any atom is -0.490 e. The number of nitrogens with zero attached hydrogens (tertiary/aromatic N) is 2. The lowest BCUT2D eigenvalue weighted by Crippen LogP contribution is -2.48. The Balaban J connectivity index is 1.56. The Labute approximate surface area is 200 Å². The number of rotatable bonds is 9. The minimum atomic E-state index is -0.0688. The molecular weight excluding hydrogens is 455 g/mol. The highest BCUT2D eigenvalue weighted by Crippen LogP contribution is 2.35. The molecule has 1 aliphatic heterocycles. The number of anilines is 1. The molecule has 0 saturated carbocycles. The summed E-state index contributed by atoms with van der Waals surface area (Å²) in [5.41, 5.74) is 1.56. The van der Waals surface area contributed by atoms with Gasteiger partial charge in [-0.1, -0.05) is 73.5 Å². The Kier molecular flexibility index (Phi) is 9.18. The van der Waals surface area contributed by atoms with Crippen molar-refractivity contribution < 1.29 is 9.53 Å². The van der Waals surface area contributed by atoms with Crippen molar-refractivity contribution in [3.05, 3.63) is 57.0 Å². The standard InChI is InChI=1S/C24H29Cl3N2O2/c1-2-3-4-5-6-14-31-23-21(26)15-18(16-22(23)27)24(30)29-12-10-28(11-13-29)20-9-7-8-19(25)17-20/h7-9,15-17H,2-6,10-14H2,1H3. The highest BCUT2D eigenvalue weighted by molar-refractivity contribution is 6.37. The van der Waals surface area contributed by atoms with Crippen LogP contribution in [0.2, 0.25) is 15.1 Å². The first-order valence-electron chi connectivity index (χ1n) is 10.9. The van der Waals surface area contributed by atoms with Crippen LogP contribution in [0.1, 0.15) is 49.4 Å². The van der Waals surface area contributed by atoms with Gasteiger partial charge < -0.3 is 14.5 Å². The molecule has 168 valence electrons. The number of benzene rings is 2. The van der Waals surface area contributed by atoms with Gasteiger partial charge in [-0.3, -0.25) is 4.79 Å². The Bertz CT molecular complexity index is 860. The third-order valence-corrected chi connectivity index (χ3v) is 6.28. The summed E-state index contributed by atoms with van der Waals surface area (Å²) in [6, 6.07) is 11.1. The second kappa shape index (κ2) is 11.8. The van der Waals surface area contributed by atoms with Crippen molar-refractivity contribution in [2.24, 2.45) is 0 Å². The Hall–Kier alpha value is -1.62. The van der Waals surface area contributed by atoms with Crippen molar-refractivity contribution in [2.75, 3.05) is 37.7 Å². The topological polar surface area (TPSA) is 32.8 Å². The monoisotopic (exact) mass is 482 g/mol. The average molecular weight is 484 g/mol. The molecule has 0 radical (unpaired) electrons. The summed E-state index contributed by atoms with van der Waals surface area (Å²) >= 11 is 18.9. The maximum Gasteiger partial charge on any atom is 0.254 e. The molecule has 0 unspecified atom stereocenters. The lowest BCUT2D eigenvalue weighted by Gasteiger charge is -2.36. The van der Waals surface area contributed by atoms with Gasteiger partial charge in [0.25, 0.3) is 5.91 Å². The summed E-state index contributed by atoms with van der Waals surface area (Å²) in [6.45, 7) is 5.49. The molecule has 1 saturated heterocycles. The Morgan fingerprint density at radius 2 is 1.61 bits per heavy atom. The van der Waals surface area contributed by atoms with Crippen LogP contribution in [0.4, 0.5) is 5.69 Å². The Morgan fingerprint density at radius 3 is 2.26 bits per heavy atom. The van der Waals surface area contributed by atoms with E-state index in [9.17, 15) is 4.79 Å². The third kappa shape index (κ3) is 6.68. The molecule has 1 aliphatic rings. The van der Waals surface area contributed by atoms with Crippen LogP contribution in [-0.2, 0) is 0 Å². The van der Waals surface area contributed by atoms with E-state index in [-0.39, 0.29) is 5.91 Å². The van der Waals surface area contributed by atoms with E-state index in [0.717, 1.165) is 31.6 Å². The molecule has 31 heavy (non-hydrogen) atoms. The fraction of sp³-hybridized carbons (Fsp3) is 0.458. The lowest BCUT2D eigenvalue weighted by molar-refractivity contribution is 0.0746. The van der Waals surface area contributed by atoms with E-state index in [1.54, 1.807) is 12.1 Å². The van der Waals surface area contributed by atoms with Crippen molar-refractivity contribution in [1.82, 2.24) is 4.90 Å². The van der Waals surface area contributed by atoms with Gasteiger partial charge in [0, 0.05) is 42.5 Å². The summed E-state index contributed by atoms with van der Waals surface area (Å²) in [5, 5.41) is 1.47. The summed E-state index contributed by atoms with van der Waals surface area (Å²) in [6.07, 6.45) is 5.75. The summed E-state index contributed by atoms with van der Waals surface area (Å²) in [7, 11) is 0. The number of amides is 1. The number of piperazine rings is 1. The molecule has 0 spiro atoms. The number of carbonyl (C=O) groups is 1. The van der Waals surface area contributed by atoms with Gasteiger partial charge in [0.15, 0.2) is 5.75 Å². The van der Waals surface area contributed by atoms with E-state index in [1.165, 1.54) is 19.3 Å². The second-order valence-electron chi connectivity index (χ2n) is 7.79. The molecule has 2 aromatic carbocycles. The van der Waals surface area contributed by atoms with Crippen LogP contribution in [0, 0.1) is 0 Å². The Morgan fingerprint density at radius 1 is 0.935 bits per heavy atom. The van der Waals surface area contributed by atoms with Gasteiger partial charge in [0.2, 0.25) is 0 Å². The second-order valence-corrected chi connectivity index (χ2v) is 9.04. The number of unbranched alkanes of at least 4 members (excludes halogenated alkanes) is 4. The maximum absolute atomic E-state index is 13.0. The smallest absolute Gasteiger partial charge is 0.254 e. The number of hydrogen-bond donors (Lipinski definition) is 0. The van der Waals surface area contributed by atoms with Gasteiger partial charge in [-0.15, -0.1) is 0 Å². The largest absolute Gasteiger partial charge is 0.490 e. The van der Waals surface area contributed by atoms with Crippen LogP contribution in [-0.4, -0.2) is 43.6 Å². The minimum absolute atomic E-state index is 0.0688. The fourth-order valence-electron chi connectivity index (χ4n) is 3.72. The molecule has 0 bridgehead atoms. The highest BCUT2D eigenvalue weighted by Gasteiger charge is 2.24. The van der Waals surface area contributed by atoms with E-state index in [0.29, 0.717) is 46.1 Å². The summed E-state index contributed by atoms with van der Waals surface area (Å²) < 4.78 is 5.79. The zero-order valence-corrected chi connectivity index (χ0v) is 20.1. The molecular formula is C24H29Cl3N2O2. The SMILES string of the molecule is CCCCCCCOc1c(Cl)cc(C(=O)N2CCN(c3cccc(Cl)c3)CC2)cc1Cl. The van der Waals surface area contributed by atoms with Gasteiger partial charge in [-0.05, 0) is 36.8 Å². The zero-order chi connectivity index (χ0) is 22.2. The number of ether oxygens (including phenoxy) is 1. The molecule has 2 aromatic rings. The van der Waals surface area contributed by atoms with Crippen molar-refractivity contribution >= 4 is 46.4 Å². The first-order chi connectivity index (χ1) is 15.0. The molecule has 1 fully saturated rings. The molecule has 7 heteroatoms. The van der Waals surface area contributed by atoms with Gasteiger partial charge in [-0.25, -0.2) is 0 Å². The van der Waals surface area contributed by atoms with Gasteiger partial charge in [0.05, 0.1) is 16.7 Å². The third-order valence-electron chi connectivity index (χ3n) is 5.48. The van der Waals surface area contributed by atoms with E-state index in [1.807, 2.05) is 29.2 Å². The predicted molar refractivity (Wildman–Crippen MR) is 130 cm³/mol. The van der Waals surface area contributed by atoms with Gasteiger partial charge in [-0.2, -0.15) is 0 Å². The molecule has 3 rings (SSSR count). The van der Waals surface area contributed by atoms with Crippen molar-refractivity contribution in [2.45, 2.75) is 39.0 Å². The van der Waals surface area contributed by atoms with Crippen LogP contribution in [0.5, 0.6) is 5.75 Å². The molecule has 0 N–H and O–H groups in total. The highest BCUT2D eigenvalue weighted by atomic mass is 35.5. The number of hydrogen-bond acceptors (Lipinski definition) is 3. The maximum atomic E-state index is 13.0. The number of carbonyl (C=O) groups excluding carboxylic acids is 1. The molecule has 0 atom stereocenters. The lowest BCUT2D eigenvalue weighted by atomic mass is 10.1. The van der Waals surface area contributed by atoms with Crippen molar-refractivity contribution in [1.29, 1.82) is 0 Å². The summed E-state index contributed by atoms with van der Waals surface area (Å²) in [5.74, 6) is 0.391. The predicted octanol–water partition coefficient (Wildman–Crippen LogP) is 6.96. The van der Waals surface area contributed by atoms with Crippen molar-refractivity contribution in [3.63, 3.8) is 0 Å². The first-order valence-corrected chi connectivity index (χ1v) is 12.0. The molecule has 1 amide bonds. The zero-order valence-electron chi connectivity index (χ0n) is 17.9. The van der Waals surface area contributed by atoms with Crippen LogP contribution >= 0.6 is 34.8 Å². The van der Waals surface area contributed by atoms with Crippen LogP contribution in [0.25, 0.3) is 0 Å². The van der Waals surface area contributed by atoms with Gasteiger partial charge in [0.1, 0.15) is 0 Å². The molecule has 1 heterocycles. The quantitative estimate of drug-likeness (QED) is 0.361. The average Bonchev–Trinajstić information content (AvgIpc) is 2.77. The van der Waals surface area contributed by atoms with Crippen LogP contribution in [0.3, 0.4) is 0 Å². The first kappa shape index (κ1) is 24.0. The van der Waals surface area contributed by atoms with Gasteiger partial charge >= 0.3 is 0 Å². The van der Waals surface area contributed by atoms with Crippen LogP contribution < -0.4 is 9.64 Å². The normalized spacial score (nSPS) is 14.1.